The van der Waals surface area contributed by atoms with Crippen LogP contribution in [-0.4, -0.2) is 8.78 Å². The van der Waals surface area contributed by atoms with Crippen LogP contribution in [0, 0.1) is 4.51 Å². The van der Waals surface area contributed by atoms with Crippen LogP contribution in [0.15, 0.2) is 96.0 Å². The predicted molar refractivity (Wildman–Crippen MR) is 113 cm³/mol. The van der Waals surface area contributed by atoms with Crippen LogP contribution in [0.1, 0.15) is 0 Å². The molecule has 0 radical (unpaired) electrons. The molecule has 0 aliphatic heterocycles. The molecule has 1 unspecified atom stereocenters. The van der Waals surface area contributed by atoms with Crippen LogP contribution in [0.4, 0.5) is 0 Å². The molecule has 0 amide bonds. The lowest BCUT2D eigenvalue weighted by Gasteiger charge is -2.11. The first-order chi connectivity index (χ1) is 12.6. The Balaban J connectivity index is 2.12. The molecule has 0 saturated carbocycles. The Morgan fingerprint density at radius 1 is 1.00 bits per heavy atom. The fourth-order valence-corrected chi connectivity index (χ4v) is 3.94. The monoisotopic (exact) mass is 377 g/mol. The van der Waals surface area contributed by atoms with Crippen LogP contribution < -0.4 is 0 Å². The minimum atomic E-state index is -1.21. The standard InChI is InChI=1S/C22H19NOS2/c1-3-4-13-26(24)19-12-8-11-18(14-19)21-16-23(2)15-20(22(21)25)17-9-6-5-7-10-17/h3-16H,1H2,2H3/b13-4+. The van der Waals surface area contributed by atoms with Gasteiger partial charge in [-0.15, -0.1) is 0 Å². The maximum absolute atomic E-state index is 12.4. The van der Waals surface area contributed by atoms with Gasteiger partial charge >= 0.3 is 0 Å². The molecule has 3 rings (SSSR count). The highest BCUT2D eigenvalue weighted by molar-refractivity contribution is 7.88. The van der Waals surface area contributed by atoms with Crippen LogP contribution >= 0.6 is 12.2 Å². The van der Waals surface area contributed by atoms with E-state index in [1.807, 2.05) is 66.5 Å². The van der Waals surface area contributed by atoms with E-state index >= 15 is 0 Å². The Bertz CT molecular complexity index is 1050. The number of aryl methyl sites for hydroxylation is 1. The average Bonchev–Trinajstić information content (AvgIpc) is 2.68. The fourth-order valence-electron chi connectivity index (χ4n) is 2.73. The maximum atomic E-state index is 12.4. The second-order valence-corrected chi connectivity index (χ2v) is 7.58. The zero-order valence-electron chi connectivity index (χ0n) is 14.5. The van der Waals surface area contributed by atoms with Gasteiger partial charge in [0.15, 0.2) is 0 Å². The molecule has 1 heterocycles. The quantitative estimate of drug-likeness (QED) is 0.408. The molecule has 26 heavy (non-hydrogen) atoms. The molecule has 0 spiro atoms. The second-order valence-electron chi connectivity index (χ2n) is 5.84. The lowest BCUT2D eigenvalue weighted by atomic mass is 10.0. The Morgan fingerprint density at radius 3 is 2.35 bits per heavy atom. The van der Waals surface area contributed by atoms with E-state index in [0.717, 1.165) is 31.7 Å². The lowest BCUT2D eigenvalue weighted by molar-refractivity contribution is 0.688. The van der Waals surface area contributed by atoms with Crippen LogP contribution in [0.2, 0.25) is 0 Å². The first-order valence-electron chi connectivity index (χ1n) is 8.16. The summed E-state index contributed by atoms with van der Waals surface area (Å²) in [4.78, 5) is 0.739. The van der Waals surface area contributed by atoms with Crippen LogP contribution in [0.25, 0.3) is 22.3 Å². The molecule has 0 saturated heterocycles. The highest BCUT2D eigenvalue weighted by atomic mass is 32.2. The molecule has 0 fully saturated rings. The number of nitrogens with zero attached hydrogens (tertiary/aromatic N) is 1. The van der Waals surface area contributed by atoms with E-state index in [4.69, 9.17) is 12.2 Å². The highest BCUT2D eigenvalue weighted by Gasteiger charge is 2.09. The molecule has 0 aliphatic rings. The van der Waals surface area contributed by atoms with E-state index < -0.39 is 10.8 Å². The van der Waals surface area contributed by atoms with E-state index in [9.17, 15) is 4.21 Å². The summed E-state index contributed by atoms with van der Waals surface area (Å²) < 4.78 is 15.2. The molecule has 4 heteroatoms. The number of hydrogen-bond acceptors (Lipinski definition) is 2. The van der Waals surface area contributed by atoms with E-state index in [2.05, 4.69) is 18.7 Å². The van der Waals surface area contributed by atoms with Gasteiger partial charge in [-0.3, -0.25) is 0 Å². The van der Waals surface area contributed by atoms with Crippen molar-refractivity contribution in [2.24, 2.45) is 7.05 Å². The first-order valence-corrected chi connectivity index (χ1v) is 9.78. The summed E-state index contributed by atoms with van der Waals surface area (Å²) in [6.45, 7) is 3.61. The smallest absolute Gasteiger partial charge is 0.0776 e. The summed E-state index contributed by atoms with van der Waals surface area (Å²) in [6.07, 6.45) is 7.36. The number of pyridine rings is 1. The SMILES string of the molecule is C=C/C=C/S(=O)c1cccc(-c2cn(C)cc(-c3ccccc3)c2=S)c1. The van der Waals surface area contributed by atoms with Gasteiger partial charge in [0.1, 0.15) is 0 Å². The third-order valence-corrected chi connectivity index (χ3v) is 5.52. The van der Waals surface area contributed by atoms with Crippen molar-refractivity contribution in [3.8, 4) is 22.3 Å². The first kappa shape index (κ1) is 18.2. The average molecular weight is 378 g/mol. The van der Waals surface area contributed by atoms with E-state index in [1.54, 1.807) is 17.6 Å². The summed E-state index contributed by atoms with van der Waals surface area (Å²) in [5, 5.41) is 1.63. The van der Waals surface area contributed by atoms with Gasteiger partial charge < -0.3 is 4.57 Å². The van der Waals surface area contributed by atoms with Crippen molar-refractivity contribution in [3.63, 3.8) is 0 Å². The predicted octanol–water partition coefficient (Wildman–Crippen LogP) is 5.90. The summed E-state index contributed by atoms with van der Waals surface area (Å²) >= 11 is 5.78. The molecule has 0 bridgehead atoms. The van der Waals surface area contributed by atoms with Crippen molar-refractivity contribution in [1.29, 1.82) is 0 Å². The van der Waals surface area contributed by atoms with Gasteiger partial charge in [-0.2, -0.15) is 0 Å². The molecule has 1 aromatic heterocycles. The summed E-state index contributed by atoms with van der Waals surface area (Å²) in [7, 11) is 0.772. The lowest BCUT2D eigenvalue weighted by Crippen LogP contribution is -1.96. The summed E-state index contributed by atoms with van der Waals surface area (Å²) in [5.41, 5.74) is 4.01. The van der Waals surface area contributed by atoms with Gasteiger partial charge in [-0.05, 0) is 23.3 Å². The molecule has 130 valence electrons. The summed E-state index contributed by atoms with van der Waals surface area (Å²) in [6, 6.07) is 17.8. The molecule has 0 aliphatic carbocycles. The van der Waals surface area contributed by atoms with Crippen molar-refractivity contribution >= 4 is 23.0 Å². The minimum Gasteiger partial charge on any atom is -0.356 e. The van der Waals surface area contributed by atoms with Gasteiger partial charge in [0.2, 0.25) is 0 Å². The zero-order valence-corrected chi connectivity index (χ0v) is 16.1. The molecule has 3 aromatic rings. The van der Waals surface area contributed by atoms with Crippen LogP contribution in [-0.2, 0) is 17.8 Å². The van der Waals surface area contributed by atoms with E-state index in [-0.39, 0.29) is 0 Å². The Morgan fingerprint density at radius 2 is 1.65 bits per heavy atom. The van der Waals surface area contributed by atoms with Gasteiger partial charge in [-0.25, -0.2) is 4.21 Å². The van der Waals surface area contributed by atoms with Crippen molar-refractivity contribution in [1.82, 2.24) is 4.57 Å². The minimum absolute atomic E-state index is 0.739. The number of benzene rings is 2. The van der Waals surface area contributed by atoms with Gasteiger partial charge in [0.05, 0.1) is 15.3 Å². The second kappa shape index (κ2) is 8.21. The number of aromatic nitrogens is 1. The number of rotatable bonds is 5. The topological polar surface area (TPSA) is 22.0 Å². The normalized spacial score (nSPS) is 12.2. The van der Waals surface area contributed by atoms with Crippen molar-refractivity contribution in [2.75, 3.05) is 0 Å². The zero-order chi connectivity index (χ0) is 18.5. The third kappa shape index (κ3) is 3.98. The molecule has 2 aromatic carbocycles. The van der Waals surface area contributed by atoms with Gasteiger partial charge in [-0.1, -0.05) is 73.4 Å². The Labute approximate surface area is 161 Å². The highest BCUT2D eigenvalue weighted by Crippen LogP contribution is 2.29. The molecular formula is C22H19NOS2. The van der Waals surface area contributed by atoms with E-state index in [0.29, 0.717) is 0 Å². The largest absolute Gasteiger partial charge is 0.356 e. The fraction of sp³-hybridized carbons (Fsp3) is 0.0455. The molecular weight excluding hydrogens is 358 g/mol. The Hall–Kier alpha value is -2.56. The third-order valence-electron chi connectivity index (χ3n) is 3.96. The van der Waals surface area contributed by atoms with Crippen molar-refractivity contribution in [2.45, 2.75) is 4.90 Å². The Kier molecular flexibility index (Phi) is 5.76. The number of allylic oxidation sites excluding steroid dienone is 2. The van der Waals surface area contributed by atoms with Gasteiger partial charge in [0.25, 0.3) is 0 Å². The van der Waals surface area contributed by atoms with E-state index in [1.165, 1.54) is 0 Å². The van der Waals surface area contributed by atoms with Crippen LogP contribution in [0.5, 0.6) is 0 Å². The van der Waals surface area contributed by atoms with Gasteiger partial charge in [0, 0.05) is 40.9 Å². The maximum Gasteiger partial charge on any atom is 0.0776 e. The molecule has 0 N–H and O–H groups in total. The van der Waals surface area contributed by atoms with Crippen molar-refractivity contribution < 1.29 is 4.21 Å². The molecule has 2 nitrogen and oxygen atoms in total. The van der Waals surface area contributed by atoms with Crippen molar-refractivity contribution in [3.05, 3.63) is 95.6 Å². The summed E-state index contributed by atoms with van der Waals surface area (Å²) in [5.74, 6) is 0. The number of hydrogen-bond donors (Lipinski definition) is 0. The van der Waals surface area contributed by atoms with Crippen LogP contribution in [0.3, 0.4) is 0 Å². The molecule has 1 atom stereocenters.